The molecule has 4 atom stereocenters. The normalized spacial score (nSPS) is 29.9. The van der Waals surface area contributed by atoms with E-state index in [9.17, 15) is 13.2 Å². The molecule has 2 unspecified atom stereocenters. The molecule has 1 aromatic rings. The fourth-order valence-electron chi connectivity index (χ4n) is 5.37. The van der Waals surface area contributed by atoms with Crippen LogP contribution in [0.1, 0.15) is 31.2 Å². The molecule has 0 saturated carbocycles. The highest BCUT2D eigenvalue weighted by Crippen LogP contribution is 2.52. The zero-order valence-corrected chi connectivity index (χ0v) is 21.6. The van der Waals surface area contributed by atoms with Crippen molar-refractivity contribution in [3.05, 3.63) is 41.3 Å². The minimum atomic E-state index is -3.20. The summed E-state index contributed by atoms with van der Waals surface area (Å²) in [7, 11) is 0.385. The van der Waals surface area contributed by atoms with Gasteiger partial charge in [-0.2, -0.15) is 0 Å². The van der Waals surface area contributed by atoms with Crippen molar-refractivity contribution in [1.82, 2.24) is 14.8 Å². The van der Waals surface area contributed by atoms with E-state index < -0.39 is 58.9 Å². The highest BCUT2D eigenvalue weighted by Gasteiger charge is 2.62. The van der Waals surface area contributed by atoms with Crippen molar-refractivity contribution in [1.29, 1.82) is 0 Å². The Labute approximate surface area is 212 Å². The van der Waals surface area contributed by atoms with E-state index in [2.05, 4.69) is 21.5 Å². The monoisotopic (exact) mass is 549 g/mol. The Kier molecular flexibility index (Phi) is 6.44. The Balaban J connectivity index is 1.47. The molecule has 5 rings (SSSR count). The molecule has 204 valence electrons. The highest BCUT2D eigenvalue weighted by molar-refractivity contribution is 8.23. The van der Waals surface area contributed by atoms with Crippen molar-refractivity contribution in [2.75, 3.05) is 38.5 Å². The summed E-state index contributed by atoms with van der Waals surface area (Å²) >= 11 is 0. The van der Waals surface area contributed by atoms with Crippen LogP contribution in [0.2, 0.25) is 0 Å². The number of aliphatic imine (C=N–C) groups is 1. The average Bonchev–Trinajstić information content (AvgIpc) is 3.45. The summed E-state index contributed by atoms with van der Waals surface area (Å²) < 4.78 is 93.3. The van der Waals surface area contributed by atoms with Gasteiger partial charge in [0.25, 0.3) is 11.8 Å². The Hall–Kier alpha value is -2.42. The fraction of sp³-hybridized carbons (Fsp3) is 0.565. The van der Waals surface area contributed by atoms with E-state index in [1.807, 2.05) is 0 Å². The highest BCUT2D eigenvalue weighted by atomic mass is 32.3. The number of alkyl halides is 3. The lowest BCUT2D eigenvalue weighted by Gasteiger charge is -2.41. The molecule has 1 aliphatic carbocycles. The van der Waals surface area contributed by atoms with Gasteiger partial charge >= 0.3 is 0 Å². The summed E-state index contributed by atoms with van der Waals surface area (Å²) in [5, 5.41) is 4.05. The van der Waals surface area contributed by atoms with Crippen LogP contribution in [0.5, 0.6) is 0 Å². The third-order valence-corrected chi connectivity index (χ3v) is 9.33. The van der Waals surface area contributed by atoms with Gasteiger partial charge in [0.1, 0.15) is 35.7 Å². The number of halogens is 5. The van der Waals surface area contributed by atoms with Gasteiger partial charge in [0.15, 0.2) is 5.82 Å². The Morgan fingerprint density at radius 3 is 2.54 bits per heavy atom. The second-order valence-electron chi connectivity index (χ2n) is 9.53. The molecule has 4 aliphatic rings. The summed E-state index contributed by atoms with van der Waals surface area (Å²) in [5.74, 6) is -5.65. The topological polar surface area (TPSA) is 75.4 Å². The molecule has 0 spiro atoms. The third-order valence-electron chi connectivity index (χ3n) is 7.34. The number of hydrogen-bond acceptors (Lipinski definition) is 8. The van der Waals surface area contributed by atoms with E-state index in [0.29, 0.717) is 5.71 Å². The van der Waals surface area contributed by atoms with Gasteiger partial charge in [-0.05, 0) is 19.4 Å². The number of anilines is 1. The first-order valence-electron chi connectivity index (χ1n) is 11.6. The van der Waals surface area contributed by atoms with E-state index in [1.165, 1.54) is 24.0 Å². The molecule has 2 saturated heterocycles. The van der Waals surface area contributed by atoms with Gasteiger partial charge in [0.2, 0.25) is 0 Å². The second kappa shape index (κ2) is 9.10. The lowest BCUT2D eigenvalue weighted by Crippen LogP contribution is -2.50. The largest absolute Gasteiger partial charge is 0.346 e. The standard InChI is InChI=1S/C23H28F5N5O3S/c1-11-6-14(19-15(25)7-13(24)8-16(19)26)20-21(30-36-22(20)29-11)33-10-18-23(27,28)17(9-32(18)12(33)2)31-37(5,34-3)35-4/h7,13-14,17-18,31H,2,6,8-10H2,1,3-5H3/t13?,14?,17-,18-/m1/s1. The van der Waals surface area contributed by atoms with E-state index in [1.54, 1.807) is 13.2 Å². The fourth-order valence-corrected chi connectivity index (χ4v) is 6.45. The summed E-state index contributed by atoms with van der Waals surface area (Å²) in [4.78, 5) is 7.24. The number of nitrogens with one attached hydrogen (secondary N) is 1. The van der Waals surface area contributed by atoms with E-state index >= 15 is 8.78 Å². The molecule has 1 aromatic heterocycles. The molecule has 0 amide bonds. The van der Waals surface area contributed by atoms with Gasteiger partial charge in [-0.25, -0.2) is 31.7 Å². The van der Waals surface area contributed by atoms with Gasteiger partial charge in [0.05, 0.1) is 26.3 Å². The molecule has 8 nitrogen and oxygen atoms in total. The third kappa shape index (κ3) is 4.17. The number of fused-ring (bicyclic) bond motifs is 2. The van der Waals surface area contributed by atoms with Gasteiger partial charge in [-0.3, -0.25) is 8.37 Å². The van der Waals surface area contributed by atoms with Crippen LogP contribution in [0.3, 0.4) is 0 Å². The molecule has 14 heteroatoms. The van der Waals surface area contributed by atoms with Gasteiger partial charge < -0.3 is 14.3 Å². The Morgan fingerprint density at radius 2 is 1.92 bits per heavy atom. The maximum absolute atomic E-state index is 15.6. The van der Waals surface area contributed by atoms with Gasteiger partial charge in [0, 0.05) is 36.4 Å². The zero-order valence-electron chi connectivity index (χ0n) is 20.7. The van der Waals surface area contributed by atoms with E-state index in [0.717, 1.165) is 6.08 Å². The number of aromatic nitrogens is 1. The van der Waals surface area contributed by atoms with Crippen molar-refractivity contribution >= 4 is 28.2 Å². The molecule has 37 heavy (non-hydrogen) atoms. The van der Waals surface area contributed by atoms with Crippen molar-refractivity contribution in [2.45, 2.75) is 49.9 Å². The van der Waals surface area contributed by atoms with E-state index in [-0.39, 0.29) is 48.2 Å². The lowest BCUT2D eigenvalue weighted by atomic mass is 9.82. The second-order valence-corrected chi connectivity index (χ2v) is 12.0. The van der Waals surface area contributed by atoms with Crippen LogP contribution in [-0.2, 0) is 8.37 Å². The summed E-state index contributed by atoms with van der Waals surface area (Å²) in [5.41, 5.74) is 0.502. The number of allylic oxidation sites excluding steroid dienone is 4. The first-order chi connectivity index (χ1) is 17.4. The SMILES string of the molecule is C=C1N(c2noc3c2C(C2=C(F)CC(F)C=C2F)CC(C)=N3)C[C@H]2N1C[C@@H](NS(C)(OC)OC)C2(F)F. The van der Waals surface area contributed by atoms with Gasteiger partial charge in [-0.1, -0.05) is 11.7 Å². The number of hydrogen-bond donors (Lipinski definition) is 1. The van der Waals surface area contributed by atoms with Crippen LogP contribution < -0.4 is 9.62 Å². The van der Waals surface area contributed by atoms with E-state index in [4.69, 9.17) is 12.9 Å². The molecule has 1 N–H and O–H groups in total. The smallest absolute Gasteiger partial charge is 0.288 e. The molecule has 2 fully saturated rings. The molecule has 0 aromatic carbocycles. The first kappa shape index (κ1) is 26.2. The summed E-state index contributed by atoms with van der Waals surface area (Å²) in [6, 6.07) is -2.53. The predicted octanol–water partition coefficient (Wildman–Crippen LogP) is 5.11. The average molecular weight is 550 g/mol. The Bertz CT molecular complexity index is 1210. The minimum absolute atomic E-state index is 0.0324. The summed E-state index contributed by atoms with van der Waals surface area (Å²) in [6.07, 6.45) is 0.101. The van der Waals surface area contributed by atoms with Crippen molar-refractivity contribution < 1.29 is 34.8 Å². The summed E-state index contributed by atoms with van der Waals surface area (Å²) in [6.45, 7) is 5.40. The zero-order chi connectivity index (χ0) is 26.9. The number of nitrogens with zero attached hydrogens (tertiary/aromatic N) is 4. The molecule has 0 bridgehead atoms. The van der Waals surface area contributed by atoms with Crippen LogP contribution in [0, 0.1) is 0 Å². The van der Waals surface area contributed by atoms with Crippen LogP contribution in [0.15, 0.2) is 45.2 Å². The van der Waals surface area contributed by atoms with Crippen LogP contribution in [0.25, 0.3) is 0 Å². The molecule has 0 radical (unpaired) electrons. The Morgan fingerprint density at radius 1 is 1.22 bits per heavy atom. The predicted molar refractivity (Wildman–Crippen MR) is 130 cm³/mol. The molecule has 4 heterocycles. The maximum atomic E-state index is 15.6. The van der Waals surface area contributed by atoms with Gasteiger partial charge in [-0.15, -0.1) is 10.8 Å². The molecular weight excluding hydrogens is 521 g/mol. The van der Waals surface area contributed by atoms with Crippen LogP contribution >= 0.6 is 10.8 Å². The first-order valence-corrected chi connectivity index (χ1v) is 13.5. The number of rotatable bonds is 6. The van der Waals surface area contributed by atoms with Crippen molar-refractivity contribution in [3.63, 3.8) is 0 Å². The van der Waals surface area contributed by atoms with Crippen LogP contribution in [-0.4, -0.2) is 73.5 Å². The van der Waals surface area contributed by atoms with Crippen molar-refractivity contribution in [2.24, 2.45) is 4.99 Å². The minimum Gasteiger partial charge on any atom is -0.346 e. The van der Waals surface area contributed by atoms with Crippen LogP contribution in [0.4, 0.5) is 33.7 Å². The lowest BCUT2D eigenvalue weighted by molar-refractivity contribution is -0.0337. The maximum Gasteiger partial charge on any atom is 0.288 e. The quantitative estimate of drug-likeness (QED) is 0.494. The van der Waals surface area contributed by atoms with Crippen molar-refractivity contribution in [3.8, 4) is 0 Å². The molecular formula is C23H28F5N5O3S. The molecule has 3 aliphatic heterocycles.